The summed E-state index contributed by atoms with van der Waals surface area (Å²) in [6.45, 7) is 5.40. The third kappa shape index (κ3) is 4.99. The van der Waals surface area contributed by atoms with E-state index < -0.39 is 0 Å². The lowest BCUT2D eigenvalue weighted by atomic mass is 9.86. The maximum atomic E-state index is 13.4. The van der Waals surface area contributed by atoms with Gasteiger partial charge in [-0.3, -0.25) is 14.5 Å². The molecule has 0 aliphatic carbocycles. The van der Waals surface area contributed by atoms with E-state index in [4.69, 9.17) is 4.74 Å². The molecule has 3 fully saturated rings. The van der Waals surface area contributed by atoms with Crippen molar-refractivity contribution in [3.05, 3.63) is 71.9 Å². The number of pyridine rings is 1. The van der Waals surface area contributed by atoms with Crippen molar-refractivity contribution in [1.29, 1.82) is 0 Å². The highest BCUT2D eigenvalue weighted by Gasteiger charge is 2.52. The van der Waals surface area contributed by atoms with E-state index in [2.05, 4.69) is 27.5 Å². The highest BCUT2D eigenvalue weighted by Crippen LogP contribution is 2.47. The number of carbonyl (C=O) groups excluding carboxylic acids is 3. The van der Waals surface area contributed by atoms with Crippen molar-refractivity contribution in [1.82, 2.24) is 25.8 Å². The summed E-state index contributed by atoms with van der Waals surface area (Å²) in [6, 6.07) is 12.5. The van der Waals surface area contributed by atoms with Crippen LogP contribution in [0.4, 0.5) is 10.6 Å². The molecule has 0 radical (unpaired) electrons. The third-order valence-electron chi connectivity index (χ3n) is 7.54. The number of benzene rings is 1. The number of urea groups is 1. The minimum atomic E-state index is -0.302. The Bertz CT molecular complexity index is 1320. The molecule has 0 bridgehead atoms. The van der Waals surface area contributed by atoms with E-state index in [-0.39, 0.29) is 41.2 Å². The summed E-state index contributed by atoms with van der Waals surface area (Å²) in [6.07, 6.45) is 5.26. The smallest absolute Gasteiger partial charge is 0.327 e. The Kier molecular flexibility index (Phi) is 7.01. The van der Waals surface area contributed by atoms with Gasteiger partial charge in [0.05, 0.1) is 22.5 Å². The normalized spacial score (nSPS) is 26.0. The maximum Gasteiger partial charge on any atom is 0.327 e. The Balaban J connectivity index is 1.19. The van der Waals surface area contributed by atoms with Crippen molar-refractivity contribution in [2.75, 3.05) is 24.5 Å². The molecule has 3 N–H and O–H groups in total. The fourth-order valence-corrected chi connectivity index (χ4v) is 7.16. The number of ether oxygens (including phenoxy) is 1. The molecular formula is C28H30N6O4S. The number of thioether (sulfide) groups is 1. The zero-order chi connectivity index (χ0) is 26.9. The number of likely N-dealkylation sites (tertiary alicyclic amines) is 1. The summed E-state index contributed by atoms with van der Waals surface area (Å²) >= 11 is 1.46. The largest absolute Gasteiger partial charge is 0.456 e. The zero-order valence-corrected chi connectivity index (χ0v) is 22.2. The average molecular weight is 547 g/mol. The molecule has 202 valence electrons. The fourth-order valence-electron chi connectivity index (χ4n) is 5.76. The number of carbonyl (C=O) groups is 3. The first-order chi connectivity index (χ1) is 19.0. The lowest BCUT2D eigenvalue weighted by molar-refractivity contribution is -0.128. The number of piperidine rings is 2. The number of hydrogen-bond acceptors (Lipinski definition) is 7. The standard InChI is InChI=1S/C28H30N6O4S/c1-2-22(35)33-14-6-7-17(16-33)31-26(36)25-24-23-20(12-13-29-27(23)39-25)34(28(37)32-24)21-11-10-19(15-30-21)38-18-8-4-3-5-9-18/h2-5,8-11,15,17,20,23,27,29H,1,6-7,12-14,16H2,(H,31,36)(H,32,37)/t17-,20?,23?,27?/m0/s1. The quantitative estimate of drug-likeness (QED) is 0.477. The second-order valence-electron chi connectivity index (χ2n) is 9.99. The highest BCUT2D eigenvalue weighted by atomic mass is 32.2. The number of hydrogen-bond donors (Lipinski definition) is 3. The first kappa shape index (κ1) is 25.4. The van der Waals surface area contributed by atoms with Gasteiger partial charge in [-0.1, -0.05) is 36.5 Å². The molecule has 0 saturated carbocycles. The van der Waals surface area contributed by atoms with Crippen LogP contribution in [0.3, 0.4) is 0 Å². The van der Waals surface area contributed by atoms with Gasteiger partial charge in [-0.25, -0.2) is 9.78 Å². The number of amides is 4. The van der Waals surface area contributed by atoms with Crippen LogP contribution in [0.15, 0.2) is 71.9 Å². The summed E-state index contributed by atoms with van der Waals surface area (Å²) in [5.74, 6) is 1.41. The molecule has 11 heteroatoms. The van der Waals surface area contributed by atoms with Crippen LogP contribution in [0.1, 0.15) is 19.3 Å². The number of anilines is 1. The van der Waals surface area contributed by atoms with Crippen LogP contribution in [0.25, 0.3) is 0 Å². The maximum absolute atomic E-state index is 13.4. The average Bonchev–Trinajstić information content (AvgIpc) is 3.33. The SMILES string of the molecule is C=CC(=O)N1CCC[C@H](NC(=O)C2=C3NC(=O)N(c4ccc(Oc5ccccc5)cn4)C4CCNC(S2)C34)C1. The van der Waals surface area contributed by atoms with Gasteiger partial charge in [0, 0.05) is 30.7 Å². The molecule has 10 nitrogen and oxygen atoms in total. The predicted molar refractivity (Wildman–Crippen MR) is 148 cm³/mol. The minimum Gasteiger partial charge on any atom is -0.456 e. The molecule has 6 rings (SSSR count). The Hall–Kier alpha value is -3.83. The first-order valence-electron chi connectivity index (χ1n) is 13.2. The highest BCUT2D eigenvalue weighted by molar-refractivity contribution is 8.04. The number of nitrogens with one attached hydrogen (secondary N) is 3. The van der Waals surface area contributed by atoms with E-state index in [9.17, 15) is 14.4 Å². The number of aromatic nitrogens is 1. The van der Waals surface area contributed by atoms with Gasteiger partial charge in [-0.2, -0.15) is 0 Å². The van der Waals surface area contributed by atoms with E-state index in [0.717, 1.165) is 25.8 Å². The second-order valence-corrected chi connectivity index (χ2v) is 11.1. The molecule has 2 aromatic rings. The van der Waals surface area contributed by atoms with Crippen LogP contribution in [0.5, 0.6) is 11.5 Å². The van der Waals surface area contributed by atoms with E-state index in [0.29, 0.717) is 41.0 Å². The monoisotopic (exact) mass is 546 g/mol. The first-order valence-corrected chi connectivity index (χ1v) is 14.1. The lowest BCUT2D eigenvalue weighted by Gasteiger charge is -2.45. The summed E-state index contributed by atoms with van der Waals surface area (Å²) < 4.78 is 5.85. The molecule has 3 unspecified atom stereocenters. The van der Waals surface area contributed by atoms with Crippen LogP contribution in [0.2, 0.25) is 0 Å². The summed E-state index contributed by atoms with van der Waals surface area (Å²) in [5.41, 5.74) is 0.666. The van der Waals surface area contributed by atoms with Crippen LogP contribution < -0.4 is 25.6 Å². The van der Waals surface area contributed by atoms with Gasteiger partial charge in [0.25, 0.3) is 5.91 Å². The summed E-state index contributed by atoms with van der Waals surface area (Å²) in [7, 11) is 0. The number of rotatable bonds is 6. The topological polar surface area (TPSA) is 116 Å². The molecule has 4 atom stereocenters. The zero-order valence-electron chi connectivity index (χ0n) is 21.3. The van der Waals surface area contributed by atoms with Crippen molar-refractivity contribution >= 4 is 35.4 Å². The van der Waals surface area contributed by atoms with Crippen molar-refractivity contribution < 1.29 is 19.1 Å². The van der Waals surface area contributed by atoms with Gasteiger partial charge < -0.3 is 25.6 Å². The van der Waals surface area contributed by atoms with Crippen LogP contribution in [-0.2, 0) is 9.59 Å². The van der Waals surface area contributed by atoms with Crippen molar-refractivity contribution in [2.45, 2.75) is 36.7 Å². The lowest BCUT2D eigenvalue weighted by Crippen LogP contribution is -2.62. The van der Waals surface area contributed by atoms with E-state index >= 15 is 0 Å². The molecule has 4 aliphatic rings. The Labute approximate surface area is 230 Å². The Morgan fingerprint density at radius 2 is 2.00 bits per heavy atom. The summed E-state index contributed by atoms with van der Waals surface area (Å²) in [5, 5.41) is 9.59. The van der Waals surface area contributed by atoms with E-state index in [1.807, 2.05) is 30.3 Å². The molecule has 1 aromatic carbocycles. The fraction of sp³-hybridized carbons (Fsp3) is 0.357. The van der Waals surface area contributed by atoms with Crippen molar-refractivity contribution in [3.63, 3.8) is 0 Å². The molecular weight excluding hydrogens is 516 g/mol. The molecule has 4 aliphatic heterocycles. The second kappa shape index (κ2) is 10.7. The molecule has 5 heterocycles. The van der Waals surface area contributed by atoms with Gasteiger partial charge in [-0.05, 0) is 56.1 Å². The minimum absolute atomic E-state index is 0.0338. The van der Waals surface area contributed by atoms with Gasteiger partial charge >= 0.3 is 6.03 Å². The van der Waals surface area contributed by atoms with E-state index in [1.165, 1.54) is 17.8 Å². The molecule has 4 amide bonds. The Morgan fingerprint density at radius 3 is 2.77 bits per heavy atom. The number of para-hydroxylation sites is 1. The van der Waals surface area contributed by atoms with E-state index in [1.54, 1.807) is 28.1 Å². The van der Waals surface area contributed by atoms with Gasteiger partial charge in [-0.15, -0.1) is 0 Å². The van der Waals surface area contributed by atoms with Crippen molar-refractivity contribution in [2.24, 2.45) is 5.92 Å². The molecule has 3 saturated heterocycles. The molecule has 0 spiro atoms. The number of nitrogens with zero attached hydrogens (tertiary/aromatic N) is 3. The van der Waals surface area contributed by atoms with Gasteiger partial charge in [0.15, 0.2) is 0 Å². The van der Waals surface area contributed by atoms with Crippen LogP contribution in [-0.4, -0.2) is 64.8 Å². The van der Waals surface area contributed by atoms with Crippen LogP contribution in [0, 0.1) is 5.92 Å². The van der Waals surface area contributed by atoms with Crippen molar-refractivity contribution in [3.8, 4) is 11.5 Å². The van der Waals surface area contributed by atoms with Gasteiger partial charge in [0.2, 0.25) is 5.91 Å². The molecule has 1 aromatic heterocycles. The predicted octanol–water partition coefficient (Wildman–Crippen LogP) is 2.96. The summed E-state index contributed by atoms with van der Waals surface area (Å²) in [4.78, 5) is 47.4. The van der Waals surface area contributed by atoms with Gasteiger partial charge in [0.1, 0.15) is 17.3 Å². The third-order valence-corrected chi connectivity index (χ3v) is 8.89. The molecule has 39 heavy (non-hydrogen) atoms. The van der Waals surface area contributed by atoms with Crippen LogP contribution >= 0.6 is 11.8 Å². The Morgan fingerprint density at radius 1 is 1.15 bits per heavy atom.